The van der Waals surface area contributed by atoms with Crippen molar-refractivity contribution >= 4 is 22.9 Å². The van der Waals surface area contributed by atoms with Crippen molar-refractivity contribution in [2.24, 2.45) is 0 Å². The van der Waals surface area contributed by atoms with E-state index in [1.165, 1.54) is 0 Å². The molecule has 2 atom stereocenters. The average Bonchev–Trinajstić information content (AvgIpc) is 3.07. The normalized spacial score (nSPS) is 20.2. The Morgan fingerprint density at radius 3 is 2.85 bits per heavy atom. The molecule has 1 aliphatic heterocycles. The molecule has 4 rings (SSSR count). The van der Waals surface area contributed by atoms with Crippen LogP contribution in [0.2, 0.25) is 5.02 Å². The van der Waals surface area contributed by atoms with Gasteiger partial charge in [0.2, 0.25) is 0 Å². The van der Waals surface area contributed by atoms with E-state index in [9.17, 15) is 0 Å². The summed E-state index contributed by atoms with van der Waals surface area (Å²) in [7, 11) is 0. The summed E-state index contributed by atoms with van der Waals surface area (Å²) >= 11 is 8.04. The molecule has 134 valence electrons. The molecule has 6 heteroatoms. The number of piperidine rings is 1. The number of hydrogen-bond donors (Lipinski definition) is 1. The SMILES string of the molecule is Cc1csc(Cc2cccc(C3CCCC(c4ncccc4Cl)N3)n2)n1. The van der Waals surface area contributed by atoms with Gasteiger partial charge in [-0.2, -0.15) is 0 Å². The van der Waals surface area contributed by atoms with Gasteiger partial charge in [-0.25, -0.2) is 4.98 Å². The van der Waals surface area contributed by atoms with E-state index in [0.717, 1.165) is 58.5 Å². The number of thiazole rings is 1. The first kappa shape index (κ1) is 17.6. The summed E-state index contributed by atoms with van der Waals surface area (Å²) < 4.78 is 0. The van der Waals surface area contributed by atoms with Crippen molar-refractivity contribution in [3.05, 3.63) is 74.7 Å². The van der Waals surface area contributed by atoms with Gasteiger partial charge in [-0.3, -0.25) is 9.97 Å². The molecule has 3 aromatic rings. The van der Waals surface area contributed by atoms with Gasteiger partial charge in [-0.15, -0.1) is 11.3 Å². The number of hydrogen-bond acceptors (Lipinski definition) is 5. The molecule has 1 saturated heterocycles. The van der Waals surface area contributed by atoms with E-state index < -0.39 is 0 Å². The smallest absolute Gasteiger partial charge is 0.0987 e. The van der Waals surface area contributed by atoms with Crippen LogP contribution < -0.4 is 5.32 Å². The van der Waals surface area contributed by atoms with E-state index in [1.54, 1.807) is 17.5 Å². The molecule has 0 spiro atoms. The van der Waals surface area contributed by atoms with Crippen LogP contribution in [0.5, 0.6) is 0 Å². The number of nitrogens with zero attached hydrogens (tertiary/aromatic N) is 3. The van der Waals surface area contributed by atoms with Gasteiger partial charge in [-0.05, 0) is 50.5 Å². The van der Waals surface area contributed by atoms with Crippen LogP contribution in [0, 0.1) is 6.92 Å². The summed E-state index contributed by atoms with van der Waals surface area (Å²) in [5.74, 6) is 0. The lowest BCUT2D eigenvalue weighted by molar-refractivity contribution is 0.321. The van der Waals surface area contributed by atoms with Crippen LogP contribution in [0.3, 0.4) is 0 Å². The van der Waals surface area contributed by atoms with Gasteiger partial charge >= 0.3 is 0 Å². The van der Waals surface area contributed by atoms with E-state index in [1.807, 2.05) is 19.1 Å². The fraction of sp³-hybridized carbons (Fsp3) is 0.350. The number of aromatic nitrogens is 3. The van der Waals surface area contributed by atoms with E-state index in [0.29, 0.717) is 0 Å². The maximum Gasteiger partial charge on any atom is 0.0987 e. The van der Waals surface area contributed by atoms with Crippen molar-refractivity contribution in [1.82, 2.24) is 20.3 Å². The third-order valence-electron chi connectivity index (χ3n) is 4.69. The minimum Gasteiger partial charge on any atom is -0.300 e. The summed E-state index contributed by atoms with van der Waals surface area (Å²) in [5, 5.41) is 7.63. The quantitative estimate of drug-likeness (QED) is 0.684. The Labute approximate surface area is 162 Å². The van der Waals surface area contributed by atoms with Gasteiger partial charge in [0.1, 0.15) is 0 Å². The van der Waals surface area contributed by atoms with Crippen LogP contribution in [-0.4, -0.2) is 15.0 Å². The maximum atomic E-state index is 6.34. The van der Waals surface area contributed by atoms with Crippen molar-refractivity contribution < 1.29 is 0 Å². The van der Waals surface area contributed by atoms with Crippen LogP contribution in [0.15, 0.2) is 41.9 Å². The molecule has 4 heterocycles. The zero-order valence-electron chi connectivity index (χ0n) is 14.7. The van der Waals surface area contributed by atoms with E-state index in [-0.39, 0.29) is 12.1 Å². The Bertz CT molecular complexity index is 895. The molecule has 1 aliphatic rings. The zero-order valence-corrected chi connectivity index (χ0v) is 16.2. The standard InChI is InChI=1S/C20H21ClN4S/c1-13-12-26-19(23-13)11-14-5-2-7-16(24-14)17-8-3-9-18(25-17)20-15(21)6-4-10-22-20/h2,4-7,10,12,17-18,25H,3,8-9,11H2,1H3. The first-order valence-electron chi connectivity index (χ1n) is 8.92. The van der Waals surface area contributed by atoms with Gasteiger partial charge in [0, 0.05) is 35.4 Å². The Kier molecular flexibility index (Phi) is 5.29. The molecular formula is C20H21ClN4S. The highest BCUT2D eigenvalue weighted by Crippen LogP contribution is 2.33. The number of halogens is 1. The van der Waals surface area contributed by atoms with Crippen LogP contribution in [-0.2, 0) is 6.42 Å². The van der Waals surface area contributed by atoms with Crippen LogP contribution in [0.1, 0.15) is 59.1 Å². The molecule has 0 radical (unpaired) electrons. The van der Waals surface area contributed by atoms with Gasteiger partial charge < -0.3 is 5.32 Å². The van der Waals surface area contributed by atoms with Gasteiger partial charge in [0.25, 0.3) is 0 Å². The highest BCUT2D eigenvalue weighted by molar-refractivity contribution is 7.09. The Hall–Kier alpha value is -1.82. The molecule has 2 unspecified atom stereocenters. The minimum absolute atomic E-state index is 0.175. The topological polar surface area (TPSA) is 50.7 Å². The molecule has 1 N–H and O–H groups in total. The number of rotatable bonds is 4. The molecule has 0 amide bonds. The highest BCUT2D eigenvalue weighted by atomic mass is 35.5. The summed E-state index contributed by atoms with van der Waals surface area (Å²) in [6, 6.07) is 10.5. The van der Waals surface area contributed by atoms with E-state index in [4.69, 9.17) is 16.6 Å². The third kappa shape index (κ3) is 3.95. The number of aryl methyl sites for hydroxylation is 1. The van der Waals surface area contributed by atoms with Gasteiger partial charge in [0.15, 0.2) is 0 Å². The van der Waals surface area contributed by atoms with Crippen molar-refractivity contribution in [3.8, 4) is 0 Å². The molecule has 0 aliphatic carbocycles. The van der Waals surface area contributed by atoms with Gasteiger partial charge in [0.05, 0.1) is 27.5 Å². The van der Waals surface area contributed by atoms with Crippen molar-refractivity contribution in [1.29, 1.82) is 0 Å². The minimum atomic E-state index is 0.175. The van der Waals surface area contributed by atoms with Crippen molar-refractivity contribution in [2.75, 3.05) is 0 Å². The monoisotopic (exact) mass is 384 g/mol. The zero-order chi connectivity index (χ0) is 17.9. The summed E-state index contributed by atoms with van der Waals surface area (Å²) in [5.41, 5.74) is 4.17. The maximum absolute atomic E-state index is 6.34. The largest absolute Gasteiger partial charge is 0.300 e. The molecule has 0 bridgehead atoms. The van der Waals surface area contributed by atoms with Crippen molar-refractivity contribution in [3.63, 3.8) is 0 Å². The molecule has 26 heavy (non-hydrogen) atoms. The average molecular weight is 385 g/mol. The fourth-order valence-corrected chi connectivity index (χ4v) is 4.51. The summed E-state index contributed by atoms with van der Waals surface area (Å²) in [6.07, 6.45) is 5.85. The Morgan fingerprint density at radius 2 is 2.04 bits per heavy atom. The fourth-order valence-electron chi connectivity index (χ4n) is 3.47. The Balaban J connectivity index is 1.52. The van der Waals surface area contributed by atoms with Crippen molar-refractivity contribution in [2.45, 2.75) is 44.7 Å². The lowest BCUT2D eigenvalue weighted by atomic mass is 9.94. The molecule has 0 saturated carbocycles. The molecule has 0 aromatic carbocycles. The highest BCUT2D eigenvalue weighted by Gasteiger charge is 2.26. The molecule has 3 aromatic heterocycles. The molecule has 1 fully saturated rings. The molecule has 4 nitrogen and oxygen atoms in total. The summed E-state index contributed by atoms with van der Waals surface area (Å²) in [4.78, 5) is 13.9. The third-order valence-corrected chi connectivity index (χ3v) is 5.98. The second-order valence-corrected chi connectivity index (χ2v) is 8.04. The predicted octanol–water partition coefficient (Wildman–Crippen LogP) is 5.04. The first-order chi connectivity index (χ1) is 12.7. The number of nitrogens with one attached hydrogen (secondary N) is 1. The van der Waals surface area contributed by atoms with E-state index in [2.05, 4.69) is 38.9 Å². The van der Waals surface area contributed by atoms with Crippen LogP contribution in [0.4, 0.5) is 0 Å². The second-order valence-electron chi connectivity index (χ2n) is 6.69. The lowest BCUT2D eigenvalue weighted by Gasteiger charge is -2.31. The summed E-state index contributed by atoms with van der Waals surface area (Å²) in [6.45, 7) is 2.03. The molecular weight excluding hydrogens is 364 g/mol. The first-order valence-corrected chi connectivity index (χ1v) is 10.2. The van der Waals surface area contributed by atoms with E-state index >= 15 is 0 Å². The van der Waals surface area contributed by atoms with Gasteiger partial charge in [-0.1, -0.05) is 17.7 Å². The Morgan fingerprint density at radius 1 is 1.15 bits per heavy atom. The lowest BCUT2D eigenvalue weighted by Crippen LogP contribution is -2.32. The second kappa shape index (κ2) is 7.82. The van der Waals surface area contributed by atoms with Crippen LogP contribution >= 0.6 is 22.9 Å². The number of pyridine rings is 2. The van der Waals surface area contributed by atoms with Crippen LogP contribution in [0.25, 0.3) is 0 Å². The predicted molar refractivity (Wildman–Crippen MR) is 106 cm³/mol.